The molecule has 1 aliphatic heterocycles. The number of esters is 4. The number of benzene rings is 1. The van der Waals surface area contributed by atoms with E-state index in [1.807, 2.05) is 0 Å². The summed E-state index contributed by atoms with van der Waals surface area (Å²) in [6, 6.07) is -0.999. The molecule has 1 aliphatic rings. The SMILES string of the molecule is CC(=O)NC1C(SCCCCCC(=O)Oc2c(F)c(F)c(F)c(F)c2F)OC(COC(C)=O)C(OC(C)=O)C1OC(C)=O. The Balaban J connectivity index is 2.03. The third kappa shape index (κ3) is 10.3. The summed E-state index contributed by atoms with van der Waals surface area (Å²) in [4.78, 5) is 59.0. The van der Waals surface area contributed by atoms with Gasteiger partial charge in [-0.05, 0) is 18.6 Å². The lowest BCUT2D eigenvalue weighted by atomic mass is 9.97. The van der Waals surface area contributed by atoms with Gasteiger partial charge in [0.25, 0.3) is 0 Å². The van der Waals surface area contributed by atoms with Gasteiger partial charge in [-0.15, -0.1) is 11.8 Å². The Bertz CT molecular complexity index is 1190. The van der Waals surface area contributed by atoms with Crippen LogP contribution in [0.25, 0.3) is 0 Å². The molecule has 1 fully saturated rings. The second-order valence-corrected chi connectivity index (χ2v) is 10.5. The summed E-state index contributed by atoms with van der Waals surface area (Å²) in [5.74, 6) is -16.6. The van der Waals surface area contributed by atoms with Crippen molar-refractivity contribution in [2.24, 2.45) is 0 Å². The topological polar surface area (TPSA) is 144 Å². The molecule has 17 heteroatoms. The lowest BCUT2D eigenvalue weighted by molar-refractivity contribution is -0.211. The number of nitrogens with one attached hydrogen (secondary N) is 1. The predicted molar refractivity (Wildman–Crippen MR) is 137 cm³/mol. The zero-order valence-electron chi connectivity index (χ0n) is 23.5. The Hall–Kier alpha value is -3.47. The third-order valence-electron chi connectivity index (χ3n) is 5.76. The summed E-state index contributed by atoms with van der Waals surface area (Å²) in [5.41, 5.74) is -0.889. The van der Waals surface area contributed by atoms with E-state index in [9.17, 15) is 45.9 Å². The van der Waals surface area contributed by atoms with Crippen molar-refractivity contribution in [3.63, 3.8) is 0 Å². The van der Waals surface area contributed by atoms with Gasteiger partial charge in [-0.2, -0.15) is 8.78 Å². The molecule has 5 unspecified atom stereocenters. The number of hydrogen-bond donors (Lipinski definition) is 1. The van der Waals surface area contributed by atoms with Crippen molar-refractivity contribution < 1.29 is 69.6 Å². The average Bonchev–Trinajstić information content (AvgIpc) is 2.91. The van der Waals surface area contributed by atoms with E-state index in [4.69, 9.17) is 18.9 Å². The maximum Gasteiger partial charge on any atom is 0.311 e. The van der Waals surface area contributed by atoms with E-state index in [0.29, 0.717) is 18.6 Å². The second kappa shape index (κ2) is 16.4. The van der Waals surface area contributed by atoms with Crippen LogP contribution in [0, 0.1) is 29.1 Å². The van der Waals surface area contributed by atoms with E-state index >= 15 is 0 Å². The summed E-state index contributed by atoms with van der Waals surface area (Å²) in [7, 11) is 0. The van der Waals surface area contributed by atoms with Crippen LogP contribution in [0.5, 0.6) is 5.75 Å². The molecule has 0 spiro atoms. The lowest BCUT2D eigenvalue weighted by Gasteiger charge is -2.45. The van der Waals surface area contributed by atoms with E-state index in [-0.39, 0.29) is 13.0 Å². The minimum absolute atomic E-state index is 0.120. The first-order valence-electron chi connectivity index (χ1n) is 12.9. The van der Waals surface area contributed by atoms with Gasteiger partial charge in [-0.1, -0.05) is 6.42 Å². The molecule has 0 radical (unpaired) electrons. The standard InChI is InChI=1S/C26H30F5NO10S/c1-11(33)32-22-25(40-14(4)36)23(39-13(3)35)15(10-38-12(2)34)41-26(22)43-9-7-5-6-8-16(37)42-24-20(30)18(28)17(27)19(29)21(24)31/h15,22-23,25-26H,5-10H2,1-4H3,(H,32,33). The molecule has 2 rings (SSSR count). The maximum absolute atomic E-state index is 13.7. The first-order chi connectivity index (χ1) is 20.1. The Kier molecular flexibility index (Phi) is 13.6. The first kappa shape index (κ1) is 35.7. The van der Waals surface area contributed by atoms with E-state index < -0.39 is 101 Å². The highest BCUT2D eigenvalue weighted by Gasteiger charge is 2.50. The van der Waals surface area contributed by atoms with Gasteiger partial charge in [0.05, 0.1) is 0 Å². The molecule has 1 heterocycles. The molecule has 1 amide bonds. The number of hydrogen-bond acceptors (Lipinski definition) is 11. The number of ether oxygens (including phenoxy) is 5. The molecule has 0 aliphatic carbocycles. The molecular weight excluding hydrogens is 613 g/mol. The molecule has 5 atom stereocenters. The first-order valence-corrected chi connectivity index (χ1v) is 13.9. The fraction of sp³-hybridized carbons (Fsp3) is 0.577. The van der Waals surface area contributed by atoms with Crippen LogP contribution >= 0.6 is 11.8 Å². The van der Waals surface area contributed by atoms with E-state index in [1.54, 1.807) is 0 Å². The van der Waals surface area contributed by atoms with Crippen LogP contribution < -0.4 is 10.1 Å². The van der Waals surface area contributed by atoms with Crippen molar-refractivity contribution in [1.29, 1.82) is 0 Å². The summed E-state index contributed by atoms with van der Waals surface area (Å²) in [6.45, 7) is 4.23. The molecule has 1 N–H and O–H groups in total. The number of halogens is 5. The fourth-order valence-corrected chi connectivity index (χ4v) is 5.27. The second-order valence-electron chi connectivity index (χ2n) is 9.27. The van der Waals surface area contributed by atoms with Crippen LogP contribution in [0.1, 0.15) is 53.4 Å². The quantitative estimate of drug-likeness (QED) is 0.0644. The normalized spacial score (nSPS) is 21.5. The molecule has 1 aromatic rings. The van der Waals surface area contributed by atoms with Crippen LogP contribution in [0.4, 0.5) is 22.0 Å². The summed E-state index contributed by atoms with van der Waals surface area (Å²) in [5, 5.41) is 2.63. The van der Waals surface area contributed by atoms with Gasteiger partial charge in [-0.25, -0.2) is 13.2 Å². The van der Waals surface area contributed by atoms with Crippen LogP contribution in [-0.2, 0) is 42.9 Å². The monoisotopic (exact) mass is 643 g/mol. The van der Waals surface area contributed by atoms with Gasteiger partial charge in [0.1, 0.15) is 24.2 Å². The number of unbranched alkanes of at least 4 members (excludes halogenated alkanes) is 2. The van der Waals surface area contributed by atoms with Crippen molar-refractivity contribution >= 4 is 41.5 Å². The lowest BCUT2D eigenvalue weighted by Crippen LogP contribution is -2.65. The van der Waals surface area contributed by atoms with Crippen molar-refractivity contribution in [1.82, 2.24) is 5.32 Å². The minimum Gasteiger partial charge on any atom is -0.463 e. The van der Waals surface area contributed by atoms with Crippen molar-refractivity contribution in [3.05, 3.63) is 29.1 Å². The van der Waals surface area contributed by atoms with Gasteiger partial charge in [0.15, 0.2) is 12.2 Å². The number of carbonyl (C=O) groups is 5. The van der Waals surface area contributed by atoms with Gasteiger partial charge >= 0.3 is 23.9 Å². The molecule has 240 valence electrons. The molecule has 1 aromatic carbocycles. The van der Waals surface area contributed by atoms with Crippen LogP contribution in [0.2, 0.25) is 0 Å². The molecule has 0 saturated carbocycles. The molecule has 0 bridgehead atoms. The van der Waals surface area contributed by atoms with Crippen LogP contribution in [0.15, 0.2) is 0 Å². The van der Waals surface area contributed by atoms with Gasteiger partial charge in [0.2, 0.25) is 40.7 Å². The highest BCUT2D eigenvalue weighted by Crippen LogP contribution is 2.33. The van der Waals surface area contributed by atoms with Crippen LogP contribution in [-0.4, -0.2) is 71.9 Å². The molecular formula is C26H30F5NO10S. The number of thioether (sulfide) groups is 1. The van der Waals surface area contributed by atoms with Crippen LogP contribution in [0.3, 0.4) is 0 Å². The van der Waals surface area contributed by atoms with E-state index in [1.165, 1.54) is 6.92 Å². The van der Waals surface area contributed by atoms with Gasteiger partial charge in [0, 0.05) is 34.1 Å². The molecule has 0 aromatic heterocycles. The third-order valence-corrected chi connectivity index (χ3v) is 7.02. The zero-order valence-corrected chi connectivity index (χ0v) is 24.3. The minimum atomic E-state index is -2.38. The van der Waals surface area contributed by atoms with Gasteiger partial charge in [-0.3, -0.25) is 24.0 Å². The summed E-state index contributed by atoms with van der Waals surface area (Å²) in [6.07, 6.45) is -3.05. The fourth-order valence-electron chi connectivity index (χ4n) is 4.02. The van der Waals surface area contributed by atoms with Crippen molar-refractivity contribution in [3.8, 4) is 5.75 Å². The summed E-state index contributed by atoms with van der Waals surface area (Å²) >= 11 is 1.16. The van der Waals surface area contributed by atoms with E-state index in [0.717, 1.165) is 32.5 Å². The number of carbonyl (C=O) groups excluding carboxylic acids is 5. The van der Waals surface area contributed by atoms with Crippen molar-refractivity contribution in [2.45, 2.75) is 83.2 Å². The largest absolute Gasteiger partial charge is 0.463 e. The molecule has 43 heavy (non-hydrogen) atoms. The Labute approximate surface area is 247 Å². The Morgan fingerprint density at radius 2 is 1.33 bits per heavy atom. The highest BCUT2D eigenvalue weighted by atomic mass is 32.2. The zero-order chi connectivity index (χ0) is 32.4. The maximum atomic E-state index is 13.7. The Morgan fingerprint density at radius 1 is 0.767 bits per heavy atom. The predicted octanol–water partition coefficient (Wildman–Crippen LogP) is 3.24. The van der Waals surface area contributed by atoms with Crippen molar-refractivity contribution in [2.75, 3.05) is 12.4 Å². The number of amides is 1. The number of rotatable bonds is 13. The molecule has 11 nitrogen and oxygen atoms in total. The average molecular weight is 644 g/mol. The van der Waals surface area contributed by atoms with E-state index in [2.05, 4.69) is 10.1 Å². The smallest absolute Gasteiger partial charge is 0.311 e. The van der Waals surface area contributed by atoms with Gasteiger partial charge < -0.3 is 29.0 Å². The summed E-state index contributed by atoms with van der Waals surface area (Å²) < 4.78 is 93.3. The molecule has 1 saturated heterocycles. The highest BCUT2D eigenvalue weighted by molar-refractivity contribution is 7.99. The Morgan fingerprint density at radius 3 is 1.86 bits per heavy atom.